The van der Waals surface area contributed by atoms with Crippen molar-refractivity contribution in [2.24, 2.45) is 0 Å². The zero-order valence-electron chi connectivity index (χ0n) is 11.7. The molecule has 116 valence electrons. The van der Waals surface area contributed by atoms with Gasteiger partial charge in [0.05, 0.1) is 16.2 Å². The molecule has 0 saturated carbocycles. The van der Waals surface area contributed by atoms with Crippen LogP contribution in [0.2, 0.25) is 0 Å². The molecule has 0 aliphatic heterocycles. The number of amides is 1. The molecule has 0 fully saturated rings. The number of nitrogens with one attached hydrogen (secondary N) is 1. The van der Waals surface area contributed by atoms with Crippen LogP contribution in [0, 0.1) is 17.0 Å². The normalized spacial score (nSPS) is 9.68. The Hall–Kier alpha value is -2.67. The summed E-state index contributed by atoms with van der Waals surface area (Å²) in [6.45, 7) is 1.58. The van der Waals surface area contributed by atoms with E-state index in [1.807, 2.05) is 0 Å². The first-order valence-corrected chi connectivity index (χ1v) is 6.19. The number of benzene rings is 1. The van der Waals surface area contributed by atoms with Gasteiger partial charge >= 0.3 is 0 Å². The Morgan fingerprint density at radius 1 is 1.36 bits per heavy atom. The Bertz CT molecular complexity index is 706. The van der Waals surface area contributed by atoms with Crippen LogP contribution in [0.5, 0.6) is 5.75 Å². The molecule has 1 heterocycles. The first-order valence-electron chi connectivity index (χ1n) is 6.19. The highest BCUT2D eigenvalue weighted by molar-refractivity contribution is 5.91. The fourth-order valence-electron chi connectivity index (χ4n) is 1.92. The van der Waals surface area contributed by atoms with E-state index in [4.69, 9.17) is 0 Å². The van der Waals surface area contributed by atoms with Gasteiger partial charge in [-0.2, -0.15) is 4.57 Å². The van der Waals surface area contributed by atoms with E-state index in [9.17, 15) is 20.0 Å². The molecule has 0 saturated heterocycles. The number of hydrogen-bond acceptors (Lipinski definition) is 4. The molecule has 0 atom stereocenters. The van der Waals surface area contributed by atoms with Crippen molar-refractivity contribution in [1.82, 2.24) is 0 Å². The van der Waals surface area contributed by atoms with Crippen LogP contribution in [-0.2, 0) is 11.3 Å². The van der Waals surface area contributed by atoms with Crippen molar-refractivity contribution in [3.05, 3.63) is 58.4 Å². The number of rotatable bonds is 4. The number of aromatic hydroxyl groups is 1. The smallest absolute Gasteiger partial charge is 0.290 e. The average Bonchev–Trinajstić information content (AvgIpc) is 2.40. The van der Waals surface area contributed by atoms with Gasteiger partial charge in [0.15, 0.2) is 11.9 Å². The summed E-state index contributed by atoms with van der Waals surface area (Å²) in [5.41, 5.74) is 0.754. The molecule has 0 spiro atoms. The number of aromatic nitrogens is 1. The van der Waals surface area contributed by atoms with Gasteiger partial charge < -0.3 is 22.8 Å². The van der Waals surface area contributed by atoms with Gasteiger partial charge in [0.1, 0.15) is 0 Å². The van der Waals surface area contributed by atoms with Crippen molar-refractivity contribution in [3.63, 3.8) is 0 Å². The van der Waals surface area contributed by atoms with Crippen LogP contribution in [-0.4, -0.2) is 15.9 Å². The molecular weight excluding hydrogens is 310 g/mol. The molecule has 2 rings (SSSR count). The van der Waals surface area contributed by atoms with Crippen LogP contribution in [0.1, 0.15) is 5.56 Å². The topological polar surface area (TPSA) is 96.4 Å². The maximum atomic E-state index is 11.9. The van der Waals surface area contributed by atoms with Gasteiger partial charge in [-0.05, 0) is 19.1 Å². The summed E-state index contributed by atoms with van der Waals surface area (Å²) in [7, 11) is 0. The number of nitro groups is 1. The van der Waals surface area contributed by atoms with Gasteiger partial charge in [0.2, 0.25) is 12.7 Å². The number of halogens is 1. The molecule has 1 aromatic carbocycles. The lowest BCUT2D eigenvalue weighted by Gasteiger charge is -2.07. The number of pyridine rings is 1. The van der Waals surface area contributed by atoms with Gasteiger partial charge in [-0.15, -0.1) is 0 Å². The molecule has 22 heavy (non-hydrogen) atoms. The lowest BCUT2D eigenvalue weighted by atomic mass is 10.1. The molecule has 1 amide bonds. The standard InChI is InChI=1S/C14H13N3O4.ClH/c1-10-12(5-2-6-13(10)17(20)21)15-14(19)9-16-7-3-4-11(18)8-16;/h2-8H,9H2,1H3,(H-,15,18,19);1H. The highest BCUT2D eigenvalue weighted by atomic mass is 35.5. The van der Waals surface area contributed by atoms with Gasteiger partial charge in [0.25, 0.3) is 11.6 Å². The van der Waals surface area contributed by atoms with E-state index in [1.165, 1.54) is 29.0 Å². The largest absolute Gasteiger partial charge is 1.00 e. The summed E-state index contributed by atoms with van der Waals surface area (Å²) in [5.74, 6) is -0.286. The quantitative estimate of drug-likeness (QED) is 0.408. The van der Waals surface area contributed by atoms with E-state index in [0.717, 1.165) is 0 Å². The van der Waals surface area contributed by atoms with Crippen molar-refractivity contribution < 1.29 is 31.8 Å². The van der Waals surface area contributed by atoms with Gasteiger partial charge in [-0.25, -0.2) is 0 Å². The lowest BCUT2D eigenvalue weighted by molar-refractivity contribution is -0.684. The van der Waals surface area contributed by atoms with Crippen LogP contribution >= 0.6 is 0 Å². The monoisotopic (exact) mass is 323 g/mol. The Kier molecular flexibility index (Phi) is 5.82. The van der Waals surface area contributed by atoms with Crippen LogP contribution in [0.4, 0.5) is 11.4 Å². The van der Waals surface area contributed by atoms with E-state index >= 15 is 0 Å². The summed E-state index contributed by atoms with van der Waals surface area (Å²) in [5, 5.41) is 22.8. The molecule has 0 unspecified atom stereocenters. The van der Waals surface area contributed by atoms with Crippen molar-refractivity contribution in [3.8, 4) is 5.75 Å². The lowest BCUT2D eigenvalue weighted by Crippen LogP contribution is -3.00. The molecule has 0 radical (unpaired) electrons. The minimum Gasteiger partial charge on any atom is -1.00 e. The average molecular weight is 324 g/mol. The summed E-state index contributed by atoms with van der Waals surface area (Å²) in [6, 6.07) is 7.62. The molecule has 2 N–H and O–H groups in total. The van der Waals surface area contributed by atoms with E-state index in [2.05, 4.69) is 5.32 Å². The first kappa shape index (κ1) is 17.4. The molecule has 2 aromatic rings. The van der Waals surface area contributed by atoms with E-state index in [0.29, 0.717) is 11.3 Å². The van der Waals surface area contributed by atoms with E-state index < -0.39 is 4.92 Å². The van der Waals surface area contributed by atoms with Crippen LogP contribution in [0.3, 0.4) is 0 Å². The van der Waals surface area contributed by atoms with Crippen LogP contribution in [0.15, 0.2) is 42.7 Å². The van der Waals surface area contributed by atoms with Crippen molar-refractivity contribution in [1.29, 1.82) is 0 Å². The Balaban J connectivity index is 0.00000242. The highest BCUT2D eigenvalue weighted by Gasteiger charge is 2.16. The second kappa shape index (κ2) is 7.37. The van der Waals surface area contributed by atoms with Crippen LogP contribution in [0.25, 0.3) is 0 Å². The minimum absolute atomic E-state index is 0. The summed E-state index contributed by atoms with van der Waals surface area (Å²) in [4.78, 5) is 22.3. The van der Waals surface area contributed by atoms with Crippen LogP contribution < -0.4 is 22.3 Å². The SMILES string of the molecule is Cc1c(NC(=O)C[n+]2cccc(O)c2)cccc1[N+](=O)[O-].[Cl-]. The zero-order chi connectivity index (χ0) is 15.4. The van der Waals surface area contributed by atoms with Crippen molar-refractivity contribution >= 4 is 17.3 Å². The minimum atomic E-state index is -0.491. The third-order valence-corrected chi connectivity index (χ3v) is 2.94. The number of nitro benzene ring substituents is 1. The molecule has 1 aromatic heterocycles. The van der Waals surface area contributed by atoms with E-state index in [1.54, 1.807) is 25.3 Å². The maximum Gasteiger partial charge on any atom is 0.290 e. The highest BCUT2D eigenvalue weighted by Crippen LogP contribution is 2.24. The molecule has 0 aliphatic rings. The predicted molar refractivity (Wildman–Crippen MR) is 74.8 cm³/mol. The molecular formula is C14H14ClN3O4. The fourth-order valence-corrected chi connectivity index (χ4v) is 1.92. The summed E-state index contributed by atoms with van der Waals surface area (Å²) >= 11 is 0. The molecule has 0 bridgehead atoms. The third-order valence-electron chi connectivity index (χ3n) is 2.94. The fraction of sp³-hybridized carbons (Fsp3) is 0.143. The van der Waals surface area contributed by atoms with Gasteiger partial charge in [-0.1, -0.05) is 6.07 Å². The molecule has 7 nitrogen and oxygen atoms in total. The molecule has 8 heteroatoms. The number of hydrogen-bond donors (Lipinski definition) is 2. The Morgan fingerprint density at radius 2 is 2.09 bits per heavy atom. The van der Waals surface area contributed by atoms with Gasteiger partial charge in [0, 0.05) is 12.1 Å². The summed E-state index contributed by atoms with van der Waals surface area (Å²) in [6.07, 6.45) is 3.06. The maximum absolute atomic E-state index is 11.9. The Morgan fingerprint density at radius 3 is 2.73 bits per heavy atom. The van der Waals surface area contributed by atoms with E-state index in [-0.39, 0.29) is 36.3 Å². The number of anilines is 1. The number of nitrogens with zero attached hydrogens (tertiary/aromatic N) is 2. The molecule has 0 aliphatic carbocycles. The van der Waals surface area contributed by atoms with Gasteiger partial charge in [-0.3, -0.25) is 14.9 Å². The second-order valence-electron chi connectivity index (χ2n) is 4.49. The third kappa shape index (κ3) is 4.16. The zero-order valence-corrected chi connectivity index (χ0v) is 12.4. The number of carbonyl (C=O) groups excluding carboxylic acids is 1. The first-order chi connectivity index (χ1) is 9.97. The Labute approximate surface area is 132 Å². The summed E-state index contributed by atoms with van der Waals surface area (Å²) < 4.78 is 1.51. The second-order valence-corrected chi connectivity index (χ2v) is 4.49. The predicted octanol–water partition coefficient (Wildman–Crippen LogP) is -1.46. The van der Waals surface area contributed by atoms with Crippen molar-refractivity contribution in [2.75, 3.05) is 5.32 Å². The van der Waals surface area contributed by atoms with Crippen molar-refractivity contribution in [2.45, 2.75) is 13.5 Å². The number of carbonyl (C=O) groups is 1.